The SMILES string of the molecule is CC(C)C[C@@H]1CCCCCN1CCS(C)(=O)=O. The Morgan fingerprint density at radius 1 is 1.24 bits per heavy atom. The summed E-state index contributed by atoms with van der Waals surface area (Å²) in [5.74, 6) is 1.00. The van der Waals surface area contributed by atoms with Crippen molar-refractivity contribution in [3.8, 4) is 0 Å². The maximum atomic E-state index is 11.3. The lowest BCUT2D eigenvalue weighted by Gasteiger charge is -2.30. The monoisotopic (exact) mass is 261 g/mol. The molecule has 0 aromatic rings. The third kappa shape index (κ3) is 6.41. The predicted octanol–water partition coefficient (Wildman–Crippen LogP) is 2.32. The number of sulfone groups is 1. The first kappa shape index (κ1) is 15.0. The van der Waals surface area contributed by atoms with Gasteiger partial charge in [-0.05, 0) is 31.7 Å². The molecule has 102 valence electrons. The van der Waals surface area contributed by atoms with Gasteiger partial charge < -0.3 is 0 Å². The lowest BCUT2D eigenvalue weighted by Crippen LogP contribution is -2.38. The Kier molecular flexibility index (Phi) is 5.93. The van der Waals surface area contributed by atoms with Gasteiger partial charge in [0.25, 0.3) is 0 Å². The summed E-state index contributed by atoms with van der Waals surface area (Å²) in [4.78, 5) is 2.41. The quantitative estimate of drug-likeness (QED) is 0.762. The van der Waals surface area contributed by atoms with Crippen LogP contribution in [-0.2, 0) is 9.84 Å². The molecule has 17 heavy (non-hydrogen) atoms. The van der Waals surface area contributed by atoms with E-state index in [0.717, 1.165) is 13.1 Å². The van der Waals surface area contributed by atoms with Crippen molar-refractivity contribution in [1.29, 1.82) is 0 Å². The zero-order chi connectivity index (χ0) is 12.9. The zero-order valence-electron chi connectivity index (χ0n) is 11.5. The van der Waals surface area contributed by atoms with Crippen LogP contribution in [-0.4, -0.2) is 44.5 Å². The summed E-state index contributed by atoms with van der Waals surface area (Å²) in [6.45, 7) is 6.29. The van der Waals surface area contributed by atoms with Crippen LogP contribution in [0.5, 0.6) is 0 Å². The predicted molar refractivity (Wildman–Crippen MR) is 73.0 cm³/mol. The third-order valence-corrected chi connectivity index (χ3v) is 4.42. The number of nitrogens with zero attached hydrogens (tertiary/aromatic N) is 1. The summed E-state index contributed by atoms with van der Waals surface area (Å²) in [7, 11) is -2.83. The van der Waals surface area contributed by atoms with E-state index in [0.29, 0.717) is 17.7 Å². The molecule has 1 rings (SSSR count). The topological polar surface area (TPSA) is 37.4 Å². The van der Waals surface area contributed by atoms with Gasteiger partial charge >= 0.3 is 0 Å². The zero-order valence-corrected chi connectivity index (χ0v) is 12.3. The molecule has 0 radical (unpaired) electrons. The van der Waals surface area contributed by atoms with Crippen molar-refractivity contribution in [2.24, 2.45) is 5.92 Å². The highest BCUT2D eigenvalue weighted by molar-refractivity contribution is 7.90. The van der Waals surface area contributed by atoms with Crippen LogP contribution in [0.15, 0.2) is 0 Å². The van der Waals surface area contributed by atoms with Crippen molar-refractivity contribution in [3.63, 3.8) is 0 Å². The summed E-state index contributed by atoms with van der Waals surface area (Å²) >= 11 is 0. The minimum Gasteiger partial charge on any atom is -0.299 e. The summed E-state index contributed by atoms with van der Waals surface area (Å²) < 4.78 is 22.5. The molecule has 0 aromatic heterocycles. The van der Waals surface area contributed by atoms with Crippen LogP contribution in [0.25, 0.3) is 0 Å². The van der Waals surface area contributed by atoms with E-state index in [1.807, 2.05) is 0 Å². The summed E-state index contributed by atoms with van der Waals surface area (Å²) in [5, 5.41) is 0. The normalized spacial score (nSPS) is 23.9. The fourth-order valence-electron chi connectivity index (χ4n) is 2.63. The van der Waals surface area contributed by atoms with Gasteiger partial charge in [0.05, 0.1) is 5.75 Å². The minimum atomic E-state index is -2.83. The molecule has 1 heterocycles. The average molecular weight is 261 g/mol. The second kappa shape index (κ2) is 6.74. The van der Waals surface area contributed by atoms with Gasteiger partial charge in [0.2, 0.25) is 0 Å². The van der Waals surface area contributed by atoms with Crippen LogP contribution >= 0.6 is 0 Å². The van der Waals surface area contributed by atoms with E-state index in [-0.39, 0.29) is 0 Å². The molecule has 1 fully saturated rings. The maximum absolute atomic E-state index is 11.3. The van der Waals surface area contributed by atoms with Crippen molar-refractivity contribution in [1.82, 2.24) is 4.90 Å². The van der Waals surface area contributed by atoms with Crippen LogP contribution in [0, 0.1) is 5.92 Å². The van der Waals surface area contributed by atoms with Gasteiger partial charge in [-0.3, -0.25) is 4.90 Å². The van der Waals surface area contributed by atoms with Gasteiger partial charge in [0, 0.05) is 18.8 Å². The lowest BCUT2D eigenvalue weighted by molar-refractivity contribution is 0.186. The van der Waals surface area contributed by atoms with Crippen molar-refractivity contribution in [2.45, 2.75) is 52.0 Å². The third-order valence-electron chi connectivity index (χ3n) is 3.49. The highest BCUT2D eigenvalue weighted by Crippen LogP contribution is 2.22. The van der Waals surface area contributed by atoms with Crippen LogP contribution in [0.1, 0.15) is 46.0 Å². The first-order valence-corrected chi connectivity index (χ1v) is 8.86. The molecule has 4 heteroatoms. The molecule has 1 atom stereocenters. The highest BCUT2D eigenvalue weighted by Gasteiger charge is 2.22. The molecule has 0 N–H and O–H groups in total. The van der Waals surface area contributed by atoms with Crippen LogP contribution < -0.4 is 0 Å². The molecule has 1 aliphatic heterocycles. The van der Waals surface area contributed by atoms with E-state index in [4.69, 9.17) is 0 Å². The van der Waals surface area contributed by atoms with Gasteiger partial charge in [0.1, 0.15) is 9.84 Å². The van der Waals surface area contributed by atoms with Gasteiger partial charge in [-0.2, -0.15) is 0 Å². The van der Waals surface area contributed by atoms with E-state index < -0.39 is 9.84 Å². The van der Waals surface area contributed by atoms with Gasteiger partial charge in [0.15, 0.2) is 0 Å². The second-order valence-electron chi connectivity index (χ2n) is 5.80. The molecule has 0 spiro atoms. The summed E-state index contributed by atoms with van der Waals surface area (Å²) in [6.07, 6.45) is 7.59. The van der Waals surface area contributed by atoms with E-state index in [1.54, 1.807) is 0 Å². The molecule has 0 aromatic carbocycles. The Labute approximate surface area is 106 Å². The van der Waals surface area contributed by atoms with Crippen LogP contribution in [0.2, 0.25) is 0 Å². The van der Waals surface area contributed by atoms with Gasteiger partial charge in [-0.1, -0.05) is 26.7 Å². The maximum Gasteiger partial charge on any atom is 0.148 e. The molecular formula is C13H27NO2S. The molecule has 0 unspecified atom stereocenters. The Hall–Kier alpha value is -0.0900. The number of hydrogen-bond acceptors (Lipinski definition) is 3. The average Bonchev–Trinajstić information content (AvgIpc) is 2.38. The Bertz CT molecular complexity index is 311. The van der Waals surface area contributed by atoms with E-state index >= 15 is 0 Å². The van der Waals surface area contributed by atoms with Crippen molar-refractivity contribution in [3.05, 3.63) is 0 Å². The van der Waals surface area contributed by atoms with Crippen LogP contribution in [0.3, 0.4) is 0 Å². The van der Waals surface area contributed by atoms with Crippen LogP contribution in [0.4, 0.5) is 0 Å². The minimum absolute atomic E-state index is 0.307. The summed E-state index contributed by atoms with van der Waals surface area (Å²) in [6, 6.07) is 0.597. The molecule has 1 saturated heterocycles. The summed E-state index contributed by atoms with van der Waals surface area (Å²) in [5.41, 5.74) is 0. The first-order valence-electron chi connectivity index (χ1n) is 6.80. The Balaban J connectivity index is 2.55. The standard InChI is InChI=1S/C13H27NO2S/c1-12(2)11-13-7-5-4-6-8-14(13)9-10-17(3,15)16/h12-13H,4-11H2,1-3H3/t13-/m0/s1. The molecule has 0 aliphatic carbocycles. The van der Waals surface area contributed by atoms with E-state index in [1.165, 1.54) is 38.4 Å². The molecule has 1 aliphatic rings. The molecule has 0 amide bonds. The smallest absolute Gasteiger partial charge is 0.148 e. The highest BCUT2D eigenvalue weighted by atomic mass is 32.2. The van der Waals surface area contributed by atoms with E-state index in [2.05, 4.69) is 18.7 Å². The number of likely N-dealkylation sites (tertiary alicyclic amines) is 1. The first-order chi connectivity index (χ1) is 7.88. The fraction of sp³-hybridized carbons (Fsp3) is 1.00. The van der Waals surface area contributed by atoms with Crippen molar-refractivity contribution in [2.75, 3.05) is 25.1 Å². The molecule has 3 nitrogen and oxygen atoms in total. The lowest BCUT2D eigenvalue weighted by atomic mass is 9.99. The Morgan fingerprint density at radius 2 is 1.94 bits per heavy atom. The molecular weight excluding hydrogens is 234 g/mol. The molecule has 0 saturated carbocycles. The fourth-order valence-corrected chi connectivity index (χ4v) is 3.19. The number of hydrogen-bond donors (Lipinski definition) is 0. The molecule has 0 bridgehead atoms. The Morgan fingerprint density at radius 3 is 2.53 bits per heavy atom. The second-order valence-corrected chi connectivity index (χ2v) is 8.06. The van der Waals surface area contributed by atoms with Crippen molar-refractivity contribution >= 4 is 9.84 Å². The largest absolute Gasteiger partial charge is 0.299 e. The van der Waals surface area contributed by atoms with Gasteiger partial charge in [-0.25, -0.2) is 8.42 Å². The van der Waals surface area contributed by atoms with E-state index in [9.17, 15) is 8.42 Å². The van der Waals surface area contributed by atoms with Gasteiger partial charge in [-0.15, -0.1) is 0 Å². The van der Waals surface area contributed by atoms with Crippen molar-refractivity contribution < 1.29 is 8.42 Å². The number of rotatable bonds is 5.